The van der Waals surface area contributed by atoms with Crippen LogP contribution in [0.4, 0.5) is 5.82 Å². The molecule has 112 valence electrons. The second kappa shape index (κ2) is 6.31. The van der Waals surface area contributed by atoms with E-state index in [1.165, 1.54) is 17.5 Å². The zero-order chi connectivity index (χ0) is 14.7. The molecule has 0 radical (unpaired) electrons. The maximum Gasteiger partial charge on any atom is 0.151 e. The van der Waals surface area contributed by atoms with Crippen molar-refractivity contribution in [3.8, 4) is 11.3 Å². The standard InChI is InChI=1S/C17H24N4/c1-2-4-13-6-8-14(9-7-13)16-11-17(20-19-16)21-10-3-5-15(18)12-21/h6-9,11,15H,2-5,10,12,18H2,1H3,(H,19,20). The van der Waals surface area contributed by atoms with Crippen LogP contribution in [0, 0.1) is 0 Å². The van der Waals surface area contributed by atoms with Crippen LogP contribution in [-0.4, -0.2) is 29.3 Å². The summed E-state index contributed by atoms with van der Waals surface area (Å²) in [7, 11) is 0. The maximum atomic E-state index is 6.05. The summed E-state index contributed by atoms with van der Waals surface area (Å²) in [5, 5.41) is 7.61. The number of piperidine rings is 1. The van der Waals surface area contributed by atoms with Crippen molar-refractivity contribution < 1.29 is 0 Å². The highest BCUT2D eigenvalue weighted by molar-refractivity contribution is 5.63. The van der Waals surface area contributed by atoms with E-state index in [9.17, 15) is 0 Å². The van der Waals surface area contributed by atoms with E-state index in [1.807, 2.05) is 0 Å². The third-order valence-corrected chi connectivity index (χ3v) is 4.15. The number of nitrogens with one attached hydrogen (secondary N) is 1. The van der Waals surface area contributed by atoms with Gasteiger partial charge >= 0.3 is 0 Å². The van der Waals surface area contributed by atoms with E-state index in [4.69, 9.17) is 5.73 Å². The number of aryl methyl sites for hydroxylation is 1. The molecule has 1 aliphatic heterocycles. The molecule has 0 spiro atoms. The van der Waals surface area contributed by atoms with Gasteiger partial charge in [0.05, 0.1) is 5.69 Å². The van der Waals surface area contributed by atoms with Gasteiger partial charge in [0.2, 0.25) is 0 Å². The van der Waals surface area contributed by atoms with E-state index in [1.54, 1.807) is 0 Å². The third kappa shape index (κ3) is 3.27. The number of rotatable bonds is 4. The minimum atomic E-state index is 0.271. The Bertz CT molecular complexity index is 573. The predicted octanol–water partition coefficient (Wildman–Crippen LogP) is 2.96. The van der Waals surface area contributed by atoms with E-state index in [-0.39, 0.29) is 6.04 Å². The summed E-state index contributed by atoms with van der Waals surface area (Å²) in [6, 6.07) is 11.2. The highest BCUT2D eigenvalue weighted by atomic mass is 15.3. The molecule has 1 aliphatic rings. The first kappa shape index (κ1) is 14.1. The van der Waals surface area contributed by atoms with Gasteiger partial charge in [0.25, 0.3) is 0 Å². The van der Waals surface area contributed by atoms with Gasteiger partial charge in [0, 0.05) is 25.2 Å². The molecule has 0 aliphatic carbocycles. The second-order valence-electron chi connectivity index (χ2n) is 5.94. The lowest BCUT2D eigenvalue weighted by molar-refractivity contribution is 0.503. The SMILES string of the molecule is CCCc1ccc(-c2cc(N3CCCC(N)C3)n[nH]2)cc1. The Labute approximate surface area is 126 Å². The molecule has 2 aromatic rings. The summed E-state index contributed by atoms with van der Waals surface area (Å²) in [4.78, 5) is 2.28. The van der Waals surface area contributed by atoms with Crippen LogP contribution >= 0.6 is 0 Å². The summed E-state index contributed by atoms with van der Waals surface area (Å²) in [6.45, 7) is 4.16. The number of nitrogens with zero attached hydrogens (tertiary/aromatic N) is 2. The molecule has 0 bridgehead atoms. The van der Waals surface area contributed by atoms with Crippen molar-refractivity contribution in [2.24, 2.45) is 5.73 Å². The number of nitrogens with two attached hydrogens (primary N) is 1. The molecular weight excluding hydrogens is 260 g/mol. The zero-order valence-electron chi connectivity index (χ0n) is 12.7. The lowest BCUT2D eigenvalue weighted by Gasteiger charge is -2.30. The summed E-state index contributed by atoms with van der Waals surface area (Å²) in [6.07, 6.45) is 4.59. The van der Waals surface area contributed by atoms with Crippen LogP contribution in [0.5, 0.6) is 0 Å². The first-order valence-corrected chi connectivity index (χ1v) is 7.91. The third-order valence-electron chi connectivity index (χ3n) is 4.15. The Morgan fingerprint density at radius 3 is 2.86 bits per heavy atom. The smallest absolute Gasteiger partial charge is 0.151 e. The molecule has 4 nitrogen and oxygen atoms in total. The van der Waals surface area contributed by atoms with Crippen molar-refractivity contribution >= 4 is 5.82 Å². The van der Waals surface area contributed by atoms with Gasteiger partial charge in [-0.2, -0.15) is 5.10 Å². The normalized spacial score (nSPS) is 19.0. The van der Waals surface area contributed by atoms with Gasteiger partial charge in [-0.1, -0.05) is 37.6 Å². The van der Waals surface area contributed by atoms with E-state index < -0.39 is 0 Å². The van der Waals surface area contributed by atoms with Gasteiger partial charge in [-0.25, -0.2) is 0 Å². The van der Waals surface area contributed by atoms with Crippen LogP contribution in [0.3, 0.4) is 0 Å². The average Bonchev–Trinajstić information content (AvgIpc) is 2.98. The lowest BCUT2D eigenvalue weighted by atomic mass is 10.1. The van der Waals surface area contributed by atoms with Crippen LogP contribution in [0.2, 0.25) is 0 Å². The Hall–Kier alpha value is -1.81. The molecule has 3 rings (SSSR count). The van der Waals surface area contributed by atoms with E-state index in [0.717, 1.165) is 43.9 Å². The molecule has 1 fully saturated rings. The lowest BCUT2D eigenvalue weighted by Crippen LogP contribution is -2.43. The van der Waals surface area contributed by atoms with Crippen LogP contribution in [-0.2, 0) is 6.42 Å². The van der Waals surface area contributed by atoms with Crippen molar-refractivity contribution in [3.05, 3.63) is 35.9 Å². The zero-order valence-corrected chi connectivity index (χ0v) is 12.7. The van der Waals surface area contributed by atoms with Crippen molar-refractivity contribution in [2.75, 3.05) is 18.0 Å². The van der Waals surface area contributed by atoms with Crippen molar-refractivity contribution in [1.29, 1.82) is 0 Å². The van der Waals surface area contributed by atoms with Gasteiger partial charge < -0.3 is 10.6 Å². The summed E-state index contributed by atoms with van der Waals surface area (Å²) in [5.41, 5.74) is 9.70. The number of anilines is 1. The molecule has 0 saturated carbocycles. The number of H-pyrrole nitrogens is 1. The fraction of sp³-hybridized carbons (Fsp3) is 0.471. The van der Waals surface area contributed by atoms with Crippen LogP contribution < -0.4 is 10.6 Å². The number of benzene rings is 1. The van der Waals surface area contributed by atoms with E-state index in [0.29, 0.717) is 0 Å². The fourth-order valence-electron chi connectivity index (χ4n) is 2.98. The van der Waals surface area contributed by atoms with E-state index >= 15 is 0 Å². The molecule has 0 amide bonds. The molecule has 1 saturated heterocycles. The number of hydrogen-bond donors (Lipinski definition) is 2. The van der Waals surface area contributed by atoms with Crippen molar-refractivity contribution in [2.45, 2.75) is 38.6 Å². The monoisotopic (exact) mass is 284 g/mol. The minimum absolute atomic E-state index is 0.271. The first-order valence-electron chi connectivity index (χ1n) is 7.91. The fourth-order valence-corrected chi connectivity index (χ4v) is 2.98. The molecule has 1 aromatic heterocycles. The van der Waals surface area contributed by atoms with Crippen molar-refractivity contribution in [3.63, 3.8) is 0 Å². The molecule has 21 heavy (non-hydrogen) atoms. The molecule has 4 heteroatoms. The van der Waals surface area contributed by atoms with Gasteiger partial charge in [-0.15, -0.1) is 0 Å². The predicted molar refractivity (Wildman–Crippen MR) is 87.4 cm³/mol. The topological polar surface area (TPSA) is 57.9 Å². The minimum Gasteiger partial charge on any atom is -0.354 e. The first-order chi connectivity index (χ1) is 10.3. The molecular formula is C17H24N4. The Kier molecular flexibility index (Phi) is 4.25. The van der Waals surface area contributed by atoms with E-state index in [2.05, 4.69) is 52.4 Å². The van der Waals surface area contributed by atoms with Gasteiger partial charge in [-0.05, 0) is 30.4 Å². The van der Waals surface area contributed by atoms with Crippen LogP contribution in [0.15, 0.2) is 30.3 Å². The molecule has 2 heterocycles. The molecule has 1 unspecified atom stereocenters. The molecule has 3 N–H and O–H groups in total. The van der Waals surface area contributed by atoms with Gasteiger partial charge in [-0.3, -0.25) is 5.10 Å². The molecule has 1 atom stereocenters. The highest BCUT2D eigenvalue weighted by Crippen LogP contribution is 2.24. The van der Waals surface area contributed by atoms with Crippen molar-refractivity contribution in [1.82, 2.24) is 10.2 Å². The molecule has 1 aromatic carbocycles. The summed E-state index contributed by atoms with van der Waals surface area (Å²) in [5.74, 6) is 1.01. The Morgan fingerprint density at radius 1 is 1.33 bits per heavy atom. The number of hydrogen-bond acceptors (Lipinski definition) is 3. The second-order valence-corrected chi connectivity index (χ2v) is 5.94. The van der Waals surface area contributed by atoms with Crippen LogP contribution in [0.25, 0.3) is 11.3 Å². The number of aromatic amines is 1. The largest absolute Gasteiger partial charge is 0.354 e. The number of aromatic nitrogens is 2. The summed E-state index contributed by atoms with van der Waals surface area (Å²) < 4.78 is 0. The quantitative estimate of drug-likeness (QED) is 0.907. The van der Waals surface area contributed by atoms with Gasteiger partial charge in [0.1, 0.15) is 0 Å². The maximum absolute atomic E-state index is 6.05. The van der Waals surface area contributed by atoms with Crippen LogP contribution in [0.1, 0.15) is 31.7 Å². The average molecular weight is 284 g/mol. The highest BCUT2D eigenvalue weighted by Gasteiger charge is 2.19. The Morgan fingerprint density at radius 2 is 2.14 bits per heavy atom. The van der Waals surface area contributed by atoms with Gasteiger partial charge in [0.15, 0.2) is 5.82 Å². The summed E-state index contributed by atoms with van der Waals surface area (Å²) >= 11 is 0. The Balaban J connectivity index is 1.74.